The summed E-state index contributed by atoms with van der Waals surface area (Å²) in [5.74, 6) is 0.639. The molecule has 2 aromatic rings. The lowest BCUT2D eigenvalue weighted by molar-refractivity contribution is -0.122. The van der Waals surface area contributed by atoms with Crippen molar-refractivity contribution in [3.63, 3.8) is 0 Å². The molecule has 0 aliphatic heterocycles. The van der Waals surface area contributed by atoms with Crippen molar-refractivity contribution in [1.29, 1.82) is 0 Å². The van der Waals surface area contributed by atoms with Gasteiger partial charge >= 0.3 is 0 Å². The summed E-state index contributed by atoms with van der Waals surface area (Å²) in [6, 6.07) is 12.0. The van der Waals surface area contributed by atoms with Crippen molar-refractivity contribution in [2.75, 3.05) is 5.32 Å². The quantitative estimate of drug-likeness (QED) is 0.814. The minimum Gasteiger partial charge on any atom is -0.481 e. The van der Waals surface area contributed by atoms with Crippen molar-refractivity contribution in [1.82, 2.24) is 0 Å². The van der Waals surface area contributed by atoms with Crippen LogP contribution in [0.15, 0.2) is 36.4 Å². The van der Waals surface area contributed by atoms with Crippen molar-refractivity contribution in [2.45, 2.75) is 53.6 Å². The molecule has 0 saturated heterocycles. The van der Waals surface area contributed by atoms with Gasteiger partial charge in [-0.3, -0.25) is 4.79 Å². The third kappa shape index (κ3) is 4.16. The number of aryl methyl sites for hydroxylation is 4. The molecule has 0 spiro atoms. The lowest BCUT2D eigenvalue weighted by Crippen LogP contribution is -2.33. The van der Waals surface area contributed by atoms with Crippen LogP contribution in [-0.2, 0) is 11.2 Å². The first-order valence-corrected chi connectivity index (χ1v) is 8.59. The molecule has 0 aliphatic carbocycles. The van der Waals surface area contributed by atoms with E-state index in [1.165, 1.54) is 5.56 Å². The van der Waals surface area contributed by atoms with Gasteiger partial charge in [-0.05, 0) is 68.0 Å². The lowest BCUT2D eigenvalue weighted by atomic mass is 10.1. The number of hydrogen-bond acceptors (Lipinski definition) is 2. The molecule has 3 heteroatoms. The van der Waals surface area contributed by atoms with Gasteiger partial charge in [0.15, 0.2) is 6.10 Å². The van der Waals surface area contributed by atoms with E-state index in [2.05, 4.69) is 19.2 Å². The minimum atomic E-state index is -0.503. The predicted octanol–water partition coefficient (Wildman–Crippen LogP) is 4.97. The van der Waals surface area contributed by atoms with E-state index in [1.54, 1.807) is 0 Å². The van der Waals surface area contributed by atoms with E-state index in [0.29, 0.717) is 6.42 Å². The fourth-order valence-corrected chi connectivity index (χ4v) is 2.68. The minimum absolute atomic E-state index is 0.0975. The van der Waals surface area contributed by atoms with E-state index in [4.69, 9.17) is 4.74 Å². The number of amides is 1. The van der Waals surface area contributed by atoms with Crippen LogP contribution in [0.4, 0.5) is 5.69 Å². The largest absolute Gasteiger partial charge is 0.481 e. The number of hydrogen-bond donors (Lipinski definition) is 1. The number of ether oxygens (including phenoxy) is 1. The van der Waals surface area contributed by atoms with Crippen LogP contribution in [0.1, 0.15) is 42.5 Å². The average molecular weight is 325 g/mol. The molecule has 0 saturated carbocycles. The first-order valence-electron chi connectivity index (χ1n) is 8.59. The number of nitrogens with one attached hydrogen (secondary N) is 1. The molecule has 3 nitrogen and oxygen atoms in total. The van der Waals surface area contributed by atoms with Crippen LogP contribution in [0.2, 0.25) is 0 Å². The summed E-state index contributed by atoms with van der Waals surface area (Å²) in [4.78, 5) is 12.7. The van der Waals surface area contributed by atoms with Gasteiger partial charge in [0.25, 0.3) is 5.91 Å². The van der Waals surface area contributed by atoms with E-state index < -0.39 is 6.10 Å². The van der Waals surface area contributed by atoms with E-state index in [0.717, 1.165) is 34.5 Å². The number of para-hydroxylation sites is 1. The van der Waals surface area contributed by atoms with Gasteiger partial charge in [0, 0.05) is 5.69 Å². The fourth-order valence-electron chi connectivity index (χ4n) is 2.68. The maximum absolute atomic E-state index is 12.7. The maximum atomic E-state index is 12.7. The van der Waals surface area contributed by atoms with Crippen LogP contribution >= 0.6 is 0 Å². The van der Waals surface area contributed by atoms with Crippen LogP contribution in [0.25, 0.3) is 0 Å². The first-order chi connectivity index (χ1) is 11.5. The normalized spacial score (nSPS) is 11.9. The summed E-state index contributed by atoms with van der Waals surface area (Å²) in [6.07, 6.45) is 0.995. The van der Waals surface area contributed by atoms with Gasteiger partial charge in [-0.25, -0.2) is 0 Å². The lowest BCUT2D eigenvalue weighted by Gasteiger charge is -2.20. The topological polar surface area (TPSA) is 38.3 Å². The molecule has 0 fully saturated rings. The van der Waals surface area contributed by atoms with Crippen LogP contribution in [-0.4, -0.2) is 12.0 Å². The molecule has 1 unspecified atom stereocenters. The van der Waals surface area contributed by atoms with Gasteiger partial charge in [0.1, 0.15) is 5.75 Å². The summed E-state index contributed by atoms with van der Waals surface area (Å²) < 4.78 is 5.93. The number of rotatable bonds is 6. The van der Waals surface area contributed by atoms with Gasteiger partial charge in [-0.15, -0.1) is 0 Å². The number of carbonyl (C=O) groups excluding carboxylic acids is 1. The first kappa shape index (κ1) is 18.1. The second-order valence-electron chi connectivity index (χ2n) is 6.21. The molecule has 0 bridgehead atoms. The maximum Gasteiger partial charge on any atom is 0.265 e. The van der Waals surface area contributed by atoms with E-state index in [1.807, 2.05) is 57.2 Å². The molecular weight excluding hydrogens is 298 g/mol. The molecule has 1 N–H and O–H groups in total. The molecule has 24 heavy (non-hydrogen) atoms. The highest BCUT2D eigenvalue weighted by atomic mass is 16.5. The monoisotopic (exact) mass is 325 g/mol. The third-order valence-electron chi connectivity index (χ3n) is 4.41. The fraction of sp³-hybridized carbons (Fsp3) is 0.381. The molecule has 0 aliphatic rings. The summed E-state index contributed by atoms with van der Waals surface area (Å²) in [7, 11) is 0. The molecule has 1 atom stereocenters. The van der Waals surface area contributed by atoms with Crippen molar-refractivity contribution in [3.8, 4) is 5.75 Å². The molecular formula is C21H27NO2. The number of carbonyl (C=O) groups is 1. The average Bonchev–Trinajstić information content (AvgIpc) is 2.57. The molecule has 2 rings (SSSR count). The van der Waals surface area contributed by atoms with Gasteiger partial charge in [-0.1, -0.05) is 38.1 Å². The highest BCUT2D eigenvalue weighted by molar-refractivity contribution is 5.95. The molecule has 0 radical (unpaired) electrons. The Morgan fingerprint density at radius 2 is 1.79 bits per heavy atom. The Balaban J connectivity index is 2.16. The second kappa shape index (κ2) is 8.00. The standard InChI is InChI=1S/C21H27NO2/c1-6-17-10-8-9-15(4)20(17)22-21(23)19(7-2)24-18-12-11-14(3)16(5)13-18/h8-13,19H,6-7H2,1-5H3,(H,22,23). The summed E-state index contributed by atoms with van der Waals surface area (Å²) in [5.41, 5.74) is 5.50. The highest BCUT2D eigenvalue weighted by Crippen LogP contribution is 2.23. The van der Waals surface area contributed by atoms with E-state index in [-0.39, 0.29) is 5.91 Å². The highest BCUT2D eigenvalue weighted by Gasteiger charge is 2.20. The molecule has 1 amide bonds. The zero-order chi connectivity index (χ0) is 17.7. The third-order valence-corrected chi connectivity index (χ3v) is 4.41. The molecule has 128 valence electrons. The summed E-state index contributed by atoms with van der Waals surface area (Å²) in [5, 5.41) is 3.06. The zero-order valence-electron chi connectivity index (χ0n) is 15.3. The number of benzene rings is 2. The predicted molar refractivity (Wildman–Crippen MR) is 99.8 cm³/mol. The second-order valence-corrected chi connectivity index (χ2v) is 6.21. The molecule has 0 heterocycles. The van der Waals surface area contributed by atoms with Crippen LogP contribution in [0, 0.1) is 20.8 Å². The van der Waals surface area contributed by atoms with Crippen molar-refractivity contribution in [3.05, 3.63) is 58.7 Å². The Kier molecular flexibility index (Phi) is 6.02. The zero-order valence-corrected chi connectivity index (χ0v) is 15.3. The Morgan fingerprint density at radius 1 is 1.04 bits per heavy atom. The van der Waals surface area contributed by atoms with Gasteiger partial charge in [0.2, 0.25) is 0 Å². The van der Waals surface area contributed by atoms with Crippen LogP contribution in [0.3, 0.4) is 0 Å². The van der Waals surface area contributed by atoms with E-state index in [9.17, 15) is 4.79 Å². The van der Waals surface area contributed by atoms with Gasteiger partial charge in [-0.2, -0.15) is 0 Å². The van der Waals surface area contributed by atoms with Gasteiger partial charge in [0.05, 0.1) is 0 Å². The van der Waals surface area contributed by atoms with Crippen molar-refractivity contribution >= 4 is 11.6 Å². The van der Waals surface area contributed by atoms with Crippen molar-refractivity contribution in [2.24, 2.45) is 0 Å². The SMILES string of the molecule is CCc1cccc(C)c1NC(=O)C(CC)Oc1ccc(C)c(C)c1. The molecule has 2 aromatic carbocycles. The van der Waals surface area contributed by atoms with Crippen LogP contribution < -0.4 is 10.1 Å². The smallest absolute Gasteiger partial charge is 0.265 e. The Hall–Kier alpha value is -2.29. The Morgan fingerprint density at radius 3 is 2.42 bits per heavy atom. The van der Waals surface area contributed by atoms with E-state index >= 15 is 0 Å². The van der Waals surface area contributed by atoms with Crippen LogP contribution in [0.5, 0.6) is 5.75 Å². The van der Waals surface area contributed by atoms with Crippen molar-refractivity contribution < 1.29 is 9.53 Å². The Labute approximate surface area is 145 Å². The summed E-state index contributed by atoms with van der Waals surface area (Å²) >= 11 is 0. The molecule has 0 aromatic heterocycles. The number of anilines is 1. The Bertz CT molecular complexity index is 722. The van der Waals surface area contributed by atoms with Gasteiger partial charge < -0.3 is 10.1 Å². The summed E-state index contributed by atoms with van der Waals surface area (Å²) in [6.45, 7) is 10.2.